The summed E-state index contributed by atoms with van der Waals surface area (Å²) in [4.78, 5) is 22.7. The molecule has 0 fully saturated rings. The van der Waals surface area contributed by atoms with Crippen LogP contribution in [0.5, 0.6) is 0 Å². The van der Waals surface area contributed by atoms with E-state index >= 15 is 0 Å². The van der Waals surface area contributed by atoms with Gasteiger partial charge in [-0.3, -0.25) is 24.2 Å². The number of benzene rings is 2. The number of pyridine rings is 1. The predicted octanol–water partition coefficient (Wildman–Crippen LogP) is 5.08. The smallest absolute Gasteiger partial charge is 0.265 e. The molecule has 0 radical (unpaired) electrons. The number of aromatic amines is 1. The average molecular weight is 562 g/mol. The largest absolute Gasteiger partial charge is 0.384 e. The maximum atomic E-state index is 11.8. The van der Waals surface area contributed by atoms with E-state index in [-0.39, 0.29) is 5.56 Å². The van der Waals surface area contributed by atoms with Crippen LogP contribution < -0.4 is 16.8 Å². The summed E-state index contributed by atoms with van der Waals surface area (Å²) < 4.78 is 3.65. The van der Waals surface area contributed by atoms with Gasteiger partial charge >= 0.3 is 0 Å². The second-order valence-electron chi connectivity index (χ2n) is 7.79. The van der Waals surface area contributed by atoms with E-state index in [0.717, 1.165) is 38.4 Å². The number of hydrazone groups is 1. The molecule has 4 N–H and O–H groups in total. The molecule has 8 nitrogen and oxygen atoms in total. The molecular weight excluding hydrogens is 538 g/mol. The molecule has 2 aromatic carbocycles. The van der Waals surface area contributed by atoms with Crippen molar-refractivity contribution in [1.29, 1.82) is 0 Å². The van der Waals surface area contributed by atoms with Crippen LogP contribution in [0.2, 0.25) is 0 Å². The molecule has 0 aliphatic rings. The van der Waals surface area contributed by atoms with Gasteiger partial charge in [0.25, 0.3) is 5.56 Å². The molecule has 2 heterocycles. The Morgan fingerprint density at radius 3 is 2.67 bits per heavy atom. The summed E-state index contributed by atoms with van der Waals surface area (Å²) in [5.41, 5.74) is 13.9. The van der Waals surface area contributed by atoms with Crippen molar-refractivity contribution in [3.8, 4) is 11.3 Å². The van der Waals surface area contributed by atoms with Crippen molar-refractivity contribution in [1.82, 2.24) is 19.9 Å². The van der Waals surface area contributed by atoms with Gasteiger partial charge in [-0.2, -0.15) is 5.10 Å². The number of hydrogen-bond donors (Lipinski definition) is 3. The fraction of sp³-hybridized carbons (Fsp3) is 0.0769. The van der Waals surface area contributed by atoms with Crippen LogP contribution in [0.1, 0.15) is 18.1 Å². The van der Waals surface area contributed by atoms with Gasteiger partial charge in [0.1, 0.15) is 5.82 Å². The highest BCUT2D eigenvalue weighted by Gasteiger charge is 2.06. The van der Waals surface area contributed by atoms with Crippen LogP contribution in [0.4, 0.5) is 0 Å². The fourth-order valence-electron chi connectivity index (χ4n) is 3.26. The minimum Gasteiger partial charge on any atom is -0.384 e. The quantitative estimate of drug-likeness (QED) is 0.205. The zero-order chi connectivity index (χ0) is 25.5. The second-order valence-corrected chi connectivity index (χ2v) is 9.10. The fourth-order valence-corrected chi connectivity index (χ4v) is 4.34. The molecule has 2 aromatic heterocycles. The second kappa shape index (κ2) is 11.6. The third-order valence-electron chi connectivity index (χ3n) is 5.37. The van der Waals surface area contributed by atoms with Crippen molar-refractivity contribution in [3.63, 3.8) is 0 Å². The Labute approximate surface area is 220 Å². The first kappa shape index (κ1) is 25.1. The van der Waals surface area contributed by atoms with E-state index in [9.17, 15) is 4.79 Å². The van der Waals surface area contributed by atoms with Gasteiger partial charge in [0.15, 0.2) is 0 Å². The van der Waals surface area contributed by atoms with Crippen LogP contribution in [0, 0.1) is 0 Å². The summed E-state index contributed by atoms with van der Waals surface area (Å²) >= 11 is 4.52. The van der Waals surface area contributed by atoms with Crippen LogP contribution in [0.25, 0.3) is 26.9 Å². The van der Waals surface area contributed by atoms with Crippen LogP contribution in [0.15, 0.2) is 98.8 Å². The molecule has 0 atom stereocenters. The van der Waals surface area contributed by atoms with Crippen LogP contribution in [-0.2, 0) is 0 Å². The molecule has 0 spiro atoms. The van der Waals surface area contributed by atoms with Gasteiger partial charge in [0, 0.05) is 46.8 Å². The Hall–Kier alpha value is -4.02. The number of fused-ring (bicyclic) bond motifs is 1. The molecule has 0 saturated heterocycles. The number of nitrogens with two attached hydrogens (primary N) is 1. The van der Waals surface area contributed by atoms with Crippen LogP contribution in [-0.4, -0.2) is 33.3 Å². The van der Waals surface area contributed by atoms with Crippen molar-refractivity contribution >= 4 is 55.0 Å². The highest BCUT2D eigenvalue weighted by Crippen LogP contribution is 2.20. The summed E-state index contributed by atoms with van der Waals surface area (Å²) in [6, 6.07) is 19.6. The molecule has 0 unspecified atom stereocenters. The highest BCUT2D eigenvalue weighted by molar-refractivity contribution is 9.11. The summed E-state index contributed by atoms with van der Waals surface area (Å²) in [6.45, 7) is 1.92. The lowest BCUT2D eigenvalue weighted by atomic mass is 10.1. The lowest BCUT2D eigenvalue weighted by molar-refractivity contribution is 0.307. The Kier molecular flexibility index (Phi) is 8.09. The molecule has 0 saturated carbocycles. The van der Waals surface area contributed by atoms with E-state index in [2.05, 4.69) is 40.9 Å². The molecule has 4 rings (SSSR count). The summed E-state index contributed by atoms with van der Waals surface area (Å²) in [6.07, 6.45) is 5.20. The number of rotatable bonds is 8. The van der Waals surface area contributed by atoms with E-state index in [1.54, 1.807) is 35.7 Å². The first-order chi connectivity index (χ1) is 17.5. The van der Waals surface area contributed by atoms with Crippen molar-refractivity contribution in [2.45, 2.75) is 6.92 Å². The number of halogens is 1. The van der Waals surface area contributed by atoms with Crippen LogP contribution >= 0.6 is 27.5 Å². The third-order valence-corrected chi connectivity index (χ3v) is 6.69. The number of nitrogens with zero attached hydrogens (tertiary/aromatic N) is 4. The number of H-pyrrole nitrogens is 1. The Balaban J connectivity index is 1.65. The molecule has 36 heavy (non-hydrogen) atoms. The molecule has 0 aliphatic carbocycles. The van der Waals surface area contributed by atoms with Gasteiger partial charge in [0.05, 0.1) is 22.0 Å². The van der Waals surface area contributed by atoms with E-state index < -0.39 is 0 Å². The highest BCUT2D eigenvalue weighted by atomic mass is 79.9. The minimum atomic E-state index is -0.0751. The third kappa shape index (κ3) is 5.96. The lowest BCUT2D eigenvalue weighted by Crippen LogP contribution is -2.33. The zero-order valence-electron chi connectivity index (χ0n) is 19.6. The van der Waals surface area contributed by atoms with E-state index in [1.807, 2.05) is 67.6 Å². The normalized spacial score (nSPS) is 12.9. The van der Waals surface area contributed by atoms with Gasteiger partial charge in [-0.05, 0) is 30.7 Å². The molecule has 10 heteroatoms. The van der Waals surface area contributed by atoms with Gasteiger partial charge < -0.3 is 5.73 Å². The van der Waals surface area contributed by atoms with E-state index in [1.165, 1.54) is 11.5 Å². The molecular formula is C26H24BrN7OS. The molecule has 182 valence electrons. The lowest BCUT2D eigenvalue weighted by Gasteiger charge is -2.16. The minimum absolute atomic E-state index is 0.0751. The molecule has 0 aliphatic heterocycles. The van der Waals surface area contributed by atoms with E-state index in [0.29, 0.717) is 11.2 Å². The maximum absolute atomic E-state index is 11.8. The number of nitrogens with one attached hydrogen (secondary N) is 2. The van der Waals surface area contributed by atoms with E-state index in [4.69, 9.17) is 5.73 Å². The summed E-state index contributed by atoms with van der Waals surface area (Å²) in [5.74, 6) is 0.461. The number of allylic oxidation sites excluding steroid dienone is 1. The molecule has 4 aromatic rings. The van der Waals surface area contributed by atoms with Crippen molar-refractivity contribution in [3.05, 3.63) is 105 Å². The topological polar surface area (TPSA) is 112 Å². The number of aromatic nitrogens is 2. The zero-order valence-corrected chi connectivity index (χ0v) is 22.0. The first-order valence-electron chi connectivity index (χ1n) is 10.9. The predicted molar refractivity (Wildman–Crippen MR) is 153 cm³/mol. The van der Waals surface area contributed by atoms with Gasteiger partial charge in [-0.25, -0.2) is 5.53 Å². The van der Waals surface area contributed by atoms with Crippen molar-refractivity contribution in [2.24, 2.45) is 15.8 Å². The maximum Gasteiger partial charge on any atom is 0.265 e. The van der Waals surface area contributed by atoms with Crippen molar-refractivity contribution in [2.75, 3.05) is 7.05 Å². The van der Waals surface area contributed by atoms with Crippen LogP contribution in [0.3, 0.4) is 0 Å². The van der Waals surface area contributed by atoms with Gasteiger partial charge in [-0.15, -0.1) is 0 Å². The standard InChI is InChI=1S/C26H24BrN7OS/c1-17(19-8-10-22-24(12-19)36-32-26(22)35)29-15-21(16-31-33-34(2)25(28)13-27)20-9-11-23(30-14-20)18-6-4-3-5-7-18/h3-16,33H,28H2,1-2H3,(H,32,35)/b21-15-,25-13+,29-17?,31-16+. The molecule has 0 amide bonds. The number of aliphatic imine (C=N–C) groups is 1. The summed E-state index contributed by atoms with van der Waals surface area (Å²) in [5, 5.41) is 6.54. The Bertz CT molecular complexity index is 1520. The number of hydrazine groups is 1. The molecule has 0 bridgehead atoms. The average Bonchev–Trinajstić information content (AvgIpc) is 3.30. The first-order valence-corrected chi connectivity index (χ1v) is 12.7. The van der Waals surface area contributed by atoms with Crippen molar-refractivity contribution < 1.29 is 0 Å². The Morgan fingerprint density at radius 1 is 1.17 bits per heavy atom. The Morgan fingerprint density at radius 2 is 1.94 bits per heavy atom. The number of hydrogen-bond acceptors (Lipinski definition) is 8. The SMILES string of the molecule is CC(=N/C=C(/C=N/NN(C)/C(N)=C/Br)c1ccc(-c2ccccc2)nc1)c1ccc2c(=O)[nH]sc2c1. The monoisotopic (exact) mass is 561 g/mol. The van der Waals surface area contributed by atoms with Gasteiger partial charge in [-0.1, -0.05) is 69.9 Å². The van der Waals surface area contributed by atoms with Gasteiger partial charge in [0.2, 0.25) is 0 Å². The summed E-state index contributed by atoms with van der Waals surface area (Å²) in [7, 11) is 1.75.